The summed E-state index contributed by atoms with van der Waals surface area (Å²) in [6.45, 7) is 0. The van der Waals surface area contributed by atoms with Crippen molar-refractivity contribution in [3.63, 3.8) is 0 Å². The van der Waals surface area contributed by atoms with Crippen molar-refractivity contribution in [3.05, 3.63) is 81.5 Å². The fourth-order valence-corrected chi connectivity index (χ4v) is 2.74. The number of carboxylic acid groups (broad SMARTS) is 1. The molecule has 0 aliphatic heterocycles. The molecule has 1 aromatic heterocycles. The lowest BCUT2D eigenvalue weighted by Crippen LogP contribution is -2.19. The number of carbonyl (C=O) groups excluding carboxylic acids is 1. The fraction of sp³-hybridized carbons (Fsp3) is 0.0500. The molecule has 0 atom stereocenters. The van der Waals surface area contributed by atoms with Gasteiger partial charge in [0.1, 0.15) is 11.5 Å². The van der Waals surface area contributed by atoms with Crippen LogP contribution in [-0.2, 0) is 11.2 Å². The van der Waals surface area contributed by atoms with Crippen molar-refractivity contribution in [2.24, 2.45) is 5.10 Å². The van der Waals surface area contributed by atoms with E-state index in [2.05, 4.69) is 10.5 Å². The first-order valence-corrected chi connectivity index (χ1v) is 8.87. The van der Waals surface area contributed by atoms with Crippen LogP contribution in [0.1, 0.15) is 21.7 Å². The Morgan fingerprint density at radius 3 is 2.54 bits per heavy atom. The second-order valence-electron chi connectivity index (χ2n) is 5.80. The third kappa shape index (κ3) is 5.00. The number of benzene rings is 2. The molecule has 0 fully saturated rings. The number of carboxylic acids is 1. The molecule has 0 aliphatic carbocycles. The Hall–Kier alpha value is -3.09. The molecule has 1 amide bonds. The summed E-state index contributed by atoms with van der Waals surface area (Å²) in [5.74, 6) is -0.556. The van der Waals surface area contributed by atoms with Crippen molar-refractivity contribution in [1.29, 1.82) is 0 Å². The van der Waals surface area contributed by atoms with Crippen molar-refractivity contribution < 1.29 is 19.1 Å². The van der Waals surface area contributed by atoms with E-state index in [-0.39, 0.29) is 22.9 Å². The average Bonchev–Trinajstić information content (AvgIpc) is 3.12. The molecule has 6 nitrogen and oxygen atoms in total. The Labute approximate surface area is 170 Å². The van der Waals surface area contributed by atoms with Crippen LogP contribution in [0.4, 0.5) is 0 Å². The van der Waals surface area contributed by atoms with Gasteiger partial charge in [-0.3, -0.25) is 4.79 Å². The van der Waals surface area contributed by atoms with Crippen molar-refractivity contribution in [2.75, 3.05) is 0 Å². The number of carbonyl (C=O) groups is 2. The van der Waals surface area contributed by atoms with Crippen LogP contribution in [0, 0.1) is 0 Å². The Morgan fingerprint density at radius 1 is 1.07 bits per heavy atom. The fourth-order valence-electron chi connectivity index (χ4n) is 2.41. The molecular weight excluding hydrogens is 403 g/mol. The highest BCUT2D eigenvalue weighted by Gasteiger charge is 2.12. The van der Waals surface area contributed by atoms with E-state index >= 15 is 0 Å². The van der Waals surface area contributed by atoms with E-state index < -0.39 is 5.97 Å². The molecule has 142 valence electrons. The molecule has 0 bridgehead atoms. The van der Waals surface area contributed by atoms with Gasteiger partial charge in [-0.15, -0.1) is 0 Å². The lowest BCUT2D eigenvalue weighted by atomic mass is 10.1. The minimum Gasteiger partial charge on any atom is -0.478 e. The van der Waals surface area contributed by atoms with Crippen LogP contribution in [0.5, 0.6) is 0 Å². The number of hydrogen-bond acceptors (Lipinski definition) is 4. The number of rotatable bonds is 6. The van der Waals surface area contributed by atoms with Gasteiger partial charge in [0, 0.05) is 10.6 Å². The normalized spacial score (nSPS) is 10.9. The molecule has 0 saturated carbocycles. The van der Waals surface area contributed by atoms with Gasteiger partial charge in [-0.1, -0.05) is 35.3 Å². The Balaban J connectivity index is 1.62. The number of nitrogens with one attached hydrogen (secondary N) is 1. The molecule has 2 aromatic carbocycles. The zero-order valence-electron chi connectivity index (χ0n) is 14.4. The number of aromatic carboxylic acids is 1. The maximum Gasteiger partial charge on any atom is 0.337 e. The third-order valence-electron chi connectivity index (χ3n) is 3.77. The monoisotopic (exact) mass is 416 g/mol. The predicted octanol–water partition coefficient (Wildman–Crippen LogP) is 4.64. The van der Waals surface area contributed by atoms with Gasteiger partial charge < -0.3 is 9.52 Å². The molecule has 0 saturated heterocycles. The van der Waals surface area contributed by atoms with E-state index in [0.717, 1.165) is 5.56 Å². The zero-order chi connectivity index (χ0) is 20.1. The molecule has 0 unspecified atom stereocenters. The molecule has 0 spiro atoms. The predicted molar refractivity (Wildman–Crippen MR) is 107 cm³/mol. The summed E-state index contributed by atoms with van der Waals surface area (Å²) in [5.41, 5.74) is 3.78. The molecule has 0 aliphatic rings. The van der Waals surface area contributed by atoms with E-state index in [1.54, 1.807) is 42.5 Å². The smallest absolute Gasteiger partial charge is 0.337 e. The lowest BCUT2D eigenvalue weighted by Gasteiger charge is -2.02. The third-order valence-corrected chi connectivity index (χ3v) is 4.35. The van der Waals surface area contributed by atoms with Crippen LogP contribution < -0.4 is 5.43 Å². The van der Waals surface area contributed by atoms with Crippen LogP contribution in [-0.4, -0.2) is 23.2 Å². The van der Waals surface area contributed by atoms with E-state index in [1.807, 2.05) is 0 Å². The number of nitrogens with zero attached hydrogens (tertiary/aromatic N) is 1. The molecular formula is C20H14Cl2N2O4. The number of hydrogen-bond donors (Lipinski definition) is 2. The van der Waals surface area contributed by atoms with Crippen molar-refractivity contribution in [2.45, 2.75) is 6.42 Å². The quantitative estimate of drug-likeness (QED) is 0.451. The summed E-state index contributed by atoms with van der Waals surface area (Å²) < 4.78 is 5.61. The van der Waals surface area contributed by atoms with Gasteiger partial charge in [0.2, 0.25) is 5.91 Å². The van der Waals surface area contributed by atoms with Crippen LogP contribution in [0.3, 0.4) is 0 Å². The molecule has 1 heterocycles. The number of amides is 1. The van der Waals surface area contributed by atoms with Gasteiger partial charge in [0.05, 0.1) is 23.2 Å². The Bertz CT molecular complexity index is 1040. The van der Waals surface area contributed by atoms with E-state index in [9.17, 15) is 9.59 Å². The van der Waals surface area contributed by atoms with E-state index in [4.69, 9.17) is 32.7 Å². The molecule has 8 heteroatoms. The second kappa shape index (κ2) is 8.73. The van der Waals surface area contributed by atoms with Gasteiger partial charge in [0.15, 0.2) is 0 Å². The summed E-state index contributed by atoms with van der Waals surface area (Å²) in [6.07, 6.45) is 1.53. The number of hydrazone groups is 1. The highest BCUT2D eigenvalue weighted by molar-refractivity contribution is 6.33. The minimum atomic E-state index is -1.12. The maximum atomic E-state index is 11.9. The zero-order valence-corrected chi connectivity index (χ0v) is 15.9. The molecule has 28 heavy (non-hydrogen) atoms. The number of halogens is 2. The number of furan rings is 1. The minimum absolute atomic E-state index is 0.0137. The highest BCUT2D eigenvalue weighted by atomic mass is 35.5. The van der Waals surface area contributed by atoms with Crippen LogP contribution >= 0.6 is 23.2 Å². The summed E-state index contributed by atoms with van der Waals surface area (Å²) in [5, 5.41) is 13.8. The standard InChI is InChI=1S/C20H14Cl2N2O4/c21-14-4-1-12(2-5-14)9-19(25)24-23-11-15-6-8-18(28-15)13-3-7-17(22)16(10-13)20(26)27/h1-8,10-11H,9H2,(H,24,25)(H,26,27). The van der Waals surface area contributed by atoms with Crippen molar-refractivity contribution >= 4 is 41.3 Å². The SMILES string of the molecule is O=C(Cc1ccc(Cl)cc1)NN=Cc1ccc(-c2ccc(Cl)c(C(=O)O)c2)o1. The van der Waals surface area contributed by atoms with Gasteiger partial charge in [0.25, 0.3) is 0 Å². The van der Waals surface area contributed by atoms with Crippen LogP contribution in [0.15, 0.2) is 64.1 Å². The van der Waals surface area contributed by atoms with Gasteiger partial charge >= 0.3 is 5.97 Å². The second-order valence-corrected chi connectivity index (χ2v) is 6.64. The topological polar surface area (TPSA) is 91.9 Å². The van der Waals surface area contributed by atoms with Crippen LogP contribution in [0.25, 0.3) is 11.3 Å². The molecule has 2 N–H and O–H groups in total. The molecule has 3 rings (SSSR count). The molecule has 0 radical (unpaired) electrons. The Kier molecular flexibility index (Phi) is 6.13. The highest BCUT2D eigenvalue weighted by Crippen LogP contribution is 2.26. The van der Waals surface area contributed by atoms with Gasteiger partial charge in [-0.25, -0.2) is 10.2 Å². The summed E-state index contributed by atoms with van der Waals surface area (Å²) in [4.78, 5) is 23.1. The first-order chi connectivity index (χ1) is 13.4. The maximum absolute atomic E-state index is 11.9. The first kappa shape index (κ1) is 19.7. The summed E-state index contributed by atoms with van der Waals surface area (Å²) >= 11 is 11.7. The summed E-state index contributed by atoms with van der Waals surface area (Å²) in [7, 11) is 0. The molecule has 3 aromatic rings. The van der Waals surface area contributed by atoms with Crippen LogP contribution in [0.2, 0.25) is 10.0 Å². The van der Waals surface area contributed by atoms with Crippen molar-refractivity contribution in [1.82, 2.24) is 5.43 Å². The average molecular weight is 417 g/mol. The van der Waals surface area contributed by atoms with E-state index in [0.29, 0.717) is 22.1 Å². The largest absolute Gasteiger partial charge is 0.478 e. The Morgan fingerprint density at radius 2 is 1.82 bits per heavy atom. The van der Waals surface area contributed by atoms with Gasteiger partial charge in [-0.05, 0) is 48.0 Å². The summed E-state index contributed by atoms with van der Waals surface area (Å²) in [6, 6.07) is 14.9. The van der Waals surface area contributed by atoms with E-state index in [1.165, 1.54) is 18.3 Å². The first-order valence-electron chi connectivity index (χ1n) is 8.12. The lowest BCUT2D eigenvalue weighted by molar-refractivity contribution is -0.120. The van der Waals surface area contributed by atoms with Gasteiger partial charge in [-0.2, -0.15) is 5.10 Å². The van der Waals surface area contributed by atoms with Crippen molar-refractivity contribution in [3.8, 4) is 11.3 Å².